The van der Waals surface area contributed by atoms with Gasteiger partial charge in [-0.3, -0.25) is 4.79 Å². The Morgan fingerprint density at radius 1 is 1.64 bits per heavy atom. The highest BCUT2D eigenvalue weighted by Crippen LogP contribution is 2.05. The van der Waals surface area contributed by atoms with Gasteiger partial charge in [-0.2, -0.15) is 0 Å². The van der Waals surface area contributed by atoms with E-state index in [2.05, 4.69) is 4.74 Å². The summed E-state index contributed by atoms with van der Waals surface area (Å²) in [4.78, 5) is 10.8. The molecule has 0 aromatic heterocycles. The zero-order valence-electron chi connectivity index (χ0n) is 7.00. The highest BCUT2D eigenvalue weighted by Gasteiger charge is 2.10. The van der Waals surface area contributed by atoms with Crippen LogP contribution < -0.4 is 5.73 Å². The van der Waals surface area contributed by atoms with Crippen molar-refractivity contribution in [2.45, 2.75) is 19.8 Å². The summed E-state index contributed by atoms with van der Waals surface area (Å²) < 4.78 is 4.53. The number of hydrogen-bond donors (Lipinski definition) is 1. The average Bonchev–Trinajstić information content (AvgIpc) is 1.98. The maximum Gasteiger partial charge on any atom is 0.308 e. The fourth-order valence-corrected chi connectivity index (χ4v) is 0.743. The SMILES string of the molecule is COC(=O)C(C)CCCN.Cl. The molecule has 1 atom stereocenters. The highest BCUT2D eigenvalue weighted by molar-refractivity contribution is 5.85. The zero-order valence-corrected chi connectivity index (χ0v) is 7.82. The predicted molar refractivity (Wildman–Crippen MR) is 46.7 cm³/mol. The van der Waals surface area contributed by atoms with E-state index in [1.165, 1.54) is 7.11 Å². The van der Waals surface area contributed by atoms with Crippen molar-refractivity contribution in [3.8, 4) is 0 Å². The number of rotatable bonds is 4. The lowest BCUT2D eigenvalue weighted by atomic mass is 10.1. The third kappa shape index (κ3) is 6.13. The number of halogens is 1. The van der Waals surface area contributed by atoms with Gasteiger partial charge in [0, 0.05) is 0 Å². The summed E-state index contributed by atoms with van der Waals surface area (Å²) in [5, 5.41) is 0. The van der Waals surface area contributed by atoms with Gasteiger partial charge in [0.1, 0.15) is 0 Å². The molecule has 68 valence electrons. The second-order valence-electron chi connectivity index (χ2n) is 2.36. The number of nitrogens with two attached hydrogens (primary N) is 1. The first-order valence-corrected chi connectivity index (χ1v) is 3.50. The van der Waals surface area contributed by atoms with Gasteiger partial charge in [0.05, 0.1) is 13.0 Å². The smallest absolute Gasteiger partial charge is 0.308 e. The molecule has 0 bridgehead atoms. The van der Waals surface area contributed by atoms with E-state index in [-0.39, 0.29) is 24.3 Å². The molecule has 0 saturated heterocycles. The molecule has 0 aromatic rings. The number of hydrogen-bond acceptors (Lipinski definition) is 3. The van der Waals surface area contributed by atoms with Crippen LogP contribution >= 0.6 is 12.4 Å². The topological polar surface area (TPSA) is 52.3 Å². The van der Waals surface area contributed by atoms with E-state index in [9.17, 15) is 4.79 Å². The van der Waals surface area contributed by atoms with Gasteiger partial charge in [0.25, 0.3) is 0 Å². The molecule has 0 aliphatic carbocycles. The van der Waals surface area contributed by atoms with Crippen LogP contribution in [0.1, 0.15) is 19.8 Å². The van der Waals surface area contributed by atoms with E-state index in [4.69, 9.17) is 5.73 Å². The Balaban J connectivity index is 0. The van der Waals surface area contributed by atoms with Gasteiger partial charge < -0.3 is 10.5 Å². The molecule has 1 unspecified atom stereocenters. The third-order valence-corrected chi connectivity index (χ3v) is 1.44. The van der Waals surface area contributed by atoms with Gasteiger partial charge in [0.2, 0.25) is 0 Å². The Labute approximate surface area is 73.7 Å². The molecule has 0 heterocycles. The quantitative estimate of drug-likeness (QED) is 0.658. The molecule has 0 aliphatic rings. The first kappa shape index (κ1) is 13.3. The van der Waals surface area contributed by atoms with Crippen LogP contribution in [0.3, 0.4) is 0 Å². The van der Waals surface area contributed by atoms with E-state index in [0.717, 1.165) is 12.8 Å². The van der Waals surface area contributed by atoms with Crippen LogP contribution in [0, 0.1) is 5.92 Å². The van der Waals surface area contributed by atoms with Crippen LogP contribution in [0.15, 0.2) is 0 Å². The molecule has 3 nitrogen and oxygen atoms in total. The average molecular weight is 182 g/mol. The Kier molecular flexibility index (Phi) is 9.47. The normalized spacial score (nSPS) is 11.5. The molecular formula is C7H16ClNO2. The summed E-state index contributed by atoms with van der Waals surface area (Å²) in [6, 6.07) is 0. The minimum absolute atomic E-state index is 0. The van der Waals surface area contributed by atoms with Crippen LogP contribution in [0.4, 0.5) is 0 Å². The molecule has 4 heteroatoms. The van der Waals surface area contributed by atoms with Crippen molar-refractivity contribution in [1.29, 1.82) is 0 Å². The highest BCUT2D eigenvalue weighted by atomic mass is 35.5. The standard InChI is InChI=1S/C7H15NO2.ClH/c1-6(4-3-5-8)7(9)10-2;/h6H,3-5,8H2,1-2H3;1H. The van der Waals surface area contributed by atoms with Crippen molar-refractivity contribution in [2.75, 3.05) is 13.7 Å². The Bertz CT molecular complexity index is 109. The van der Waals surface area contributed by atoms with E-state index < -0.39 is 0 Å². The van der Waals surface area contributed by atoms with Gasteiger partial charge in [-0.15, -0.1) is 12.4 Å². The predicted octanol–water partition coefficient (Wildman–Crippen LogP) is 0.956. The van der Waals surface area contributed by atoms with Crippen molar-refractivity contribution in [2.24, 2.45) is 11.7 Å². The van der Waals surface area contributed by atoms with Crippen molar-refractivity contribution >= 4 is 18.4 Å². The van der Waals surface area contributed by atoms with Crippen LogP contribution in [0.2, 0.25) is 0 Å². The number of ether oxygens (including phenoxy) is 1. The van der Waals surface area contributed by atoms with Gasteiger partial charge in [-0.25, -0.2) is 0 Å². The van der Waals surface area contributed by atoms with Gasteiger partial charge in [-0.1, -0.05) is 6.92 Å². The monoisotopic (exact) mass is 181 g/mol. The molecule has 0 spiro atoms. The molecule has 0 fully saturated rings. The summed E-state index contributed by atoms with van der Waals surface area (Å²) in [6.07, 6.45) is 1.71. The first-order valence-electron chi connectivity index (χ1n) is 3.50. The molecule has 11 heavy (non-hydrogen) atoms. The van der Waals surface area contributed by atoms with Crippen LogP contribution in [-0.2, 0) is 9.53 Å². The van der Waals surface area contributed by atoms with Crippen LogP contribution in [0.25, 0.3) is 0 Å². The number of esters is 1. The van der Waals surface area contributed by atoms with Crippen molar-refractivity contribution in [3.05, 3.63) is 0 Å². The number of carbonyl (C=O) groups excluding carboxylic acids is 1. The second kappa shape index (κ2) is 7.82. The minimum Gasteiger partial charge on any atom is -0.469 e. The lowest BCUT2D eigenvalue weighted by Gasteiger charge is -2.06. The molecule has 0 amide bonds. The lowest BCUT2D eigenvalue weighted by molar-refractivity contribution is -0.145. The molecule has 0 rings (SSSR count). The molecule has 0 aromatic carbocycles. The van der Waals surface area contributed by atoms with E-state index in [1.54, 1.807) is 0 Å². The van der Waals surface area contributed by atoms with Crippen molar-refractivity contribution in [3.63, 3.8) is 0 Å². The summed E-state index contributed by atoms with van der Waals surface area (Å²) in [6.45, 7) is 2.49. The van der Waals surface area contributed by atoms with E-state index >= 15 is 0 Å². The first-order chi connectivity index (χ1) is 4.72. The van der Waals surface area contributed by atoms with Crippen LogP contribution in [0.5, 0.6) is 0 Å². The molecule has 0 radical (unpaired) electrons. The lowest BCUT2D eigenvalue weighted by Crippen LogP contribution is -2.14. The molecule has 0 aliphatic heterocycles. The second-order valence-corrected chi connectivity index (χ2v) is 2.36. The summed E-state index contributed by atoms with van der Waals surface area (Å²) in [5.41, 5.74) is 5.27. The largest absolute Gasteiger partial charge is 0.469 e. The van der Waals surface area contributed by atoms with E-state index in [1.807, 2.05) is 6.92 Å². The Morgan fingerprint density at radius 3 is 2.55 bits per heavy atom. The van der Waals surface area contributed by atoms with Gasteiger partial charge in [-0.05, 0) is 19.4 Å². The van der Waals surface area contributed by atoms with E-state index in [0.29, 0.717) is 6.54 Å². The van der Waals surface area contributed by atoms with Crippen molar-refractivity contribution in [1.82, 2.24) is 0 Å². The minimum atomic E-state index is -0.145. The van der Waals surface area contributed by atoms with Gasteiger partial charge in [0.15, 0.2) is 0 Å². The Hall–Kier alpha value is -0.280. The molecule has 2 N–H and O–H groups in total. The third-order valence-electron chi connectivity index (χ3n) is 1.44. The van der Waals surface area contributed by atoms with Crippen LogP contribution in [-0.4, -0.2) is 19.6 Å². The molecular weight excluding hydrogens is 166 g/mol. The van der Waals surface area contributed by atoms with Crippen molar-refractivity contribution < 1.29 is 9.53 Å². The summed E-state index contributed by atoms with van der Waals surface area (Å²) in [7, 11) is 1.40. The number of carbonyl (C=O) groups is 1. The van der Waals surface area contributed by atoms with Gasteiger partial charge >= 0.3 is 5.97 Å². The summed E-state index contributed by atoms with van der Waals surface area (Å²) >= 11 is 0. The maximum atomic E-state index is 10.8. The Morgan fingerprint density at radius 2 is 2.18 bits per heavy atom. The zero-order chi connectivity index (χ0) is 7.98. The number of methoxy groups -OCH3 is 1. The summed E-state index contributed by atoms with van der Waals surface area (Å²) in [5.74, 6) is -0.151. The molecule has 0 saturated carbocycles. The fraction of sp³-hybridized carbons (Fsp3) is 0.857. The fourth-order valence-electron chi connectivity index (χ4n) is 0.743. The maximum absolute atomic E-state index is 10.8.